The number of ether oxygens (including phenoxy) is 3. The van der Waals surface area contributed by atoms with Crippen molar-refractivity contribution in [3.8, 4) is 11.5 Å². The van der Waals surface area contributed by atoms with Crippen LogP contribution >= 0.6 is 0 Å². The number of benzene rings is 1. The van der Waals surface area contributed by atoms with Crippen molar-refractivity contribution in [3.05, 3.63) is 51.6 Å². The molecule has 142 valence electrons. The normalized spacial score (nSPS) is 13.6. The molecule has 1 aromatic carbocycles. The van der Waals surface area contributed by atoms with E-state index in [1.165, 1.54) is 19.9 Å². The second-order valence-electron chi connectivity index (χ2n) is 6.07. The van der Waals surface area contributed by atoms with Crippen molar-refractivity contribution in [2.75, 3.05) is 18.5 Å². The van der Waals surface area contributed by atoms with Crippen LogP contribution in [0.15, 0.2) is 33.5 Å². The highest BCUT2D eigenvalue weighted by atomic mass is 16.6. The van der Waals surface area contributed by atoms with E-state index in [1.54, 1.807) is 25.1 Å². The quantitative estimate of drug-likeness (QED) is 0.819. The van der Waals surface area contributed by atoms with Crippen molar-refractivity contribution in [2.45, 2.75) is 26.9 Å². The summed E-state index contributed by atoms with van der Waals surface area (Å²) in [7, 11) is 0. The van der Waals surface area contributed by atoms with Crippen molar-refractivity contribution >= 4 is 17.6 Å². The molecule has 0 radical (unpaired) electrons. The SMILES string of the molecule is Cc1cc(=O)oc(C)c1C(=O)OC(C)C(=O)Nc1ccc2c(c1)OCCO2. The zero-order chi connectivity index (χ0) is 19.6. The first kappa shape index (κ1) is 18.5. The lowest BCUT2D eigenvalue weighted by Gasteiger charge is -2.19. The molecule has 0 saturated heterocycles. The largest absolute Gasteiger partial charge is 0.486 e. The van der Waals surface area contributed by atoms with Gasteiger partial charge < -0.3 is 23.9 Å². The van der Waals surface area contributed by atoms with E-state index >= 15 is 0 Å². The van der Waals surface area contributed by atoms with Gasteiger partial charge in [0, 0.05) is 17.8 Å². The topological polar surface area (TPSA) is 104 Å². The van der Waals surface area contributed by atoms with Gasteiger partial charge in [-0.25, -0.2) is 9.59 Å². The van der Waals surface area contributed by atoms with Crippen LogP contribution in [0, 0.1) is 13.8 Å². The highest BCUT2D eigenvalue weighted by Gasteiger charge is 2.23. The van der Waals surface area contributed by atoms with Crippen LogP contribution in [0.1, 0.15) is 28.6 Å². The fourth-order valence-corrected chi connectivity index (χ4v) is 2.70. The first-order valence-electron chi connectivity index (χ1n) is 8.38. The zero-order valence-electron chi connectivity index (χ0n) is 15.2. The van der Waals surface area contributed by atoms with Crippen LogP contribution in [0.2, 0.25) is 0 Å². The Morgan fingerprint density at radius 3 is 2.52 bits per heavy atom. The predicted molar refractivity (Wildman–Crippen MR) is 95.4 cm³/mol. The lowest BCUT2D eigenvalue weighted by Crippen LogP contribution is -2.30. The van der Waals surface area contributed by atoms with E-state index in [0.717, 1.165) is 0 Å². The van der Waals surface area contributed by atoms with E-state index < -0.39 is 23.6 Å². The molecule has 0 fully saturated rings. The second-order valence-corrected chi connectivity index (χ2v) is 6.07. The molecule has 1 amide bonds. The highest BCUT2D eigenvalue weighted by Crippen LogP contribution is 2.32. The van der Waals surface area contributed by atoms with Crippen LogP contribution in [-0.4, -0.2) is 31.2 Å². The Morgan fingerprint density at radius 1 is 1.11 bits per heavy atom. The smallest absolute Gasteiger partial charge is 0.342 e. The number of esters is 1. The van der Waals surface area contributed by atoms with Crippen LogP contribution < -0.4 is 20.4 Å². The number of aryl methyl sites for hydroxylation is 2. The molecule has 1 N–H and O–H groups in total. The second kappa shape index (κ2) is 7.53. The molecule has 27 heavy (non-hydrogen) atoms. The lowest BCUT2D eigenvalue weighted by atomic mass is 10.1. The third-order valence-corrected chi connectivity index (χ3v) is 4.00. The summed E-state index contributed by atoms with van der Waals surface area (Å²) < 4.78 is 21.0. The van der Waals surface area contributed by atoms with E-state index in [1.807, 2.05) is 0 Å². The number of hydrogen-bond donors (Lipinski definition) is 1. The molecular formula is C19H19NO7. The molecule has 3 rings (SSSR count). The van der Waals surface area contributed by atoms with Gasteiger partial charge in [0.1, 0.15) is 24.5 Å². The van der Waals surface area contributed by atoms with Crippen LogP contribution in [0.5, 0.6) is 11.5 Å². The molecule has 2 heterocycles. The van der Waals surface area contributed by atoms with E-state index in [0.29, 0.717) is 36.0 Å². The summed E-state index contributed by atoms with van der Waals surface area (Å²) in [5, 5.41) is 2.66. The molecule has 0 saturated carbocycles. The molecule has 1 aliphatic rings. The number of carbonyl (C=O) groups excluding carboxylic acids is 2. The maximum atomic E-state index is 12.4. The molecular weight excluding hydrogens is 354 g/mol. The average molecular weight is 373 g/mol. The van der Waals surface area contributed by atoms with E-state index in [2.05, 4.69) is 5.32 Å². The first-order chi connectivity index (χ1) is 12.8. The van der Waals surface area contributed by atoms with E-state index in [-0.39, 0.29) is 11.3 Å². The molecule has 0 bridgehead atoms. The Kier molecular flexibility index (Phi) is 5.16. The fourth-order valence-electron chi connectivity index (χ4n) is 2.70. The molecule has 1 atom stereocenters. The van der Waals surface area contributed by atoms with Gasteiger partial charge in [-0.2, -0.15) is 0 Å². The molecule has 0 spiro atoms. The zero-order valence-corrected chi connectivity index (χ0v) is 15.2. The van der Waals surface area contributed by atoms with Crippen LogP contribution in [0.3, 0.4) is 0 Å². The van der Waals surface area contributed by atoms with Crippen molar-refractivity contribution < 1.29 is 28.2 Å². The number of rotatable bonds is 4. The molecule has 1 aliphatic heterocycles. The minimum absolute atomic E-state index is 0.133. The minimum Gasteiger partial charge on any atom is -0.486 e. The summed E-state index contributed by atoms with van der Waals surface area (Å²) in [4.78, 5) is 36.0. The van der Waals surface area contributed by atoms with Crippen molar-refractivity contribution in [1.29, 1.82) is 0 Å². The number of fused-ring (bicyclic) bond motifs is 1. The summed E-state index contributed by atoms with van der Waals surface area (Å²) in [6, 6.07) is 6.20. The summed E-state index contributed by atoms with van der Waals surface area (Å²) in [5.74, 6) is 0.0419. The molecule has 2 aromatic rings. The van der Waals surface area contributed by atoms with Gasteiger partial charge in [-0.1, -0.05) is 0 Å². The van der Waals surface area contributed by atoms with Gasteiger partial charge in [0.2, 0.25) is 0 Å². The predicted octanol–water partition coefficient (Wildman–Crippen LogP) is 2.21. The third-order valence-electron chi connectivity index (χ3n) is 4.00. The number of amides is 1. The van der Waals surface area contributed by atoms with Crippen LogP contribution in [0.4, 0.5) is 5.69 Å². The van der Waals surface area contributed by atoms with E-state index in [9.17, 15) is 14.4 Å². The van der Waals surface area contributed by atoms with Crippen molar-refractivity contribution in [2.24, 2.45) is 0 Å². The summed E-state index contributed by atoms with van der Waals surface area (Å²) in [6.07, 6.45) is -1.06. The number of nitrogens with one attached hydrogen (secondary N) is 1. The molecule has 1 aromatic heterocycles. The Bertz CT molecular complexity index is 921. The summed E-state index contributed by atoms with van der Waals surface area (Å²) in [5.41, 5.74) is 0.498. The Hall–Kier alpha value is -3.29. The molecule has 0 aliphatic carbocycles. The Balaban J connectivity index is 1.67. The monoisotopic (exact) mass is 373 g/mol. The van der Waals surface area contributed by atoms with E-state index in [4.69, 9.17) is 18.6 Å². The van der Waals surface area contributed by atoms with Gasteiger partial charge in [0.25, 0.3) is 5.91 Å². The summed E-state index contributed by atoms with van der Waals surface area (Å²) >= 11 is 0. The van der Waals surface area contributed by atoms with Gasteiger partial charge in [-0.3, -0.25) is 4.79 Å². The van der Waals surface area contributed by atoms with Crippen molar-refractivity contribution in [3.63, 3.8) is 0 Å². The van der Waals surface area contributed by atoms with Gasteiger partial charge in [-0.05, 0) is 38.5 Å². The highest BCUT2D eigenvalue weighted by molar-refractivity contribution is 5.98. The van der Waals surface area contributed by atoms with Gasteiger partial charge >= 0.3 is 11.6 Å². The molecule has 1 unspecified atom stereocenters. The van der Waals surface area contributed by atoms with Gasteiger partial charge in [0.15, 0.2) is 17.6 Å². The van der Waals surface area contributed by atoms with Crippen molar-refractivity contribution in [1.82, 2.24) is 0 Å². The number of carbonyl (C=O) groups is 2. The maximum absolute atomic E-state index is 12.4. The Morgan fingerprint density at radius 2 is 1.81 bits per heavy atom. The Labute approximate surface area is 155 Å². The standard InChI is InChI=1S/C19H19NO7/c1-10-8-16(21)26-11(2)17(10)19(23)27-12(3)18(22)20-13-4-5-14-15(9-13)25-7-6-24-14/h4-5,8-9,12H,6-7H2,1-3H3,(H,20,22). The summed E-state index contributed by atoms with van der Waals surface area (Å²) in [6.45, 7) is 5.45. The molecule has 8 nitrogen and oxygen atoms in total. The first-order valence-corrected chi connectivity index (χ1v) is 8.38. The molecule has 8 heteroatoms. The maximum Gasteiger partial charge on any atom is 0.342 e. The lowest BCUT2D eigenvalue weighted by molar-refractivity contribution is -0.123. The number of anilines is 1. The average Bonchev–Trinajstić information content (AvgIpc) is 2.60. The van der Waals surface area contributed by atoms with Gasteiger partial charge in [0.05, 0.1) is 0 Å². The van der Waals surface area contributed by atoms with Crippen LogP contribution in [-0.2, 0) is 9.53 Å². The minimum atomic E-state index is -1.06. The number of hydrogen-bond acceptors (Lipinski definition) is 7. The third kappa shape index (κ3) is 4.11. The fraction of sp³-hybridized carbons (Fsp3) is 0.316. The van der Waals surface area contributed by atoms with Crippen LogP contribution in [0.25, 0.3) is 0 Å². The van der Waals surface area contributed by atoms with Gasteiger partial charge in [-0.15, -0.1) is 0 Å².